The second-order valence-electron chi connectivity index (χ2n) is 3.00. The average molecular weight is 216 g/mol. The predicted molar refractivity (Wildman–Crippen MR) is 61.7 cm³/mol. The highest BCUT2D eigenvalue weighted by Crippen LogP contribution is 2.16. The summed E-state index contributed by atoms with van der Waals surface area (Å²) in [6.45, 7) is 5.26. The second-order valence-corrected chi connectivity index (χ2v) is 4.87. The van der Waals surface area contributed by atoms with Crippen molar-refractivity contribution in [3.8, 4) is 0 Å². The van der Waals surface area contributed by atoms with Crippen molar-refractivity contribution in [3.63, 3.8) is 0 Å². The van der Waals surface area contributed by atoms with E-state index in [4.69, 9.17) is 0 Å². The van der Waals surface area contributed by atoms with E-state index in [1.54, 1.807) is 11.3 Å². The Hall–Kier alpha value is -0.0600. The van der Waals surface area contributed by atoms with E-state index in [0.717, 1.165) is 18.0 Å². The maximum absolute atomic E-state index is 4.44. The lowest BCUT2D eigenvalue weighted by molar-refractivity contribution is 0.597. The van der Waals surface area contributed by atoms with E-state index in [1.807, 2.05) is 18.7 Å². The molecular formula is C9H16N2S2. The number of nitrogens with one attached hydrogen (secondary N) is 1. The van der Waals surface area contributed by atoms with Crippen molar-refractivity contribution in [1.29, 1.82) is 0 Å². The van der Waals surface area contributed by atoms with Crippen LogP contribution in [0.4, 0.5) is 0 Å². The number of hydrogen-bond acceptors (Lipinski definition) is 4. The Morgan fingerprint density at radius 1 is 1.69 bits per heavy atom. The van der Waals surface area contributed by atoms with Crippen LogP contribution in [0.15, 0.2) is 5.38 Å². The summed E-state index contributed by atoms with van der Waals surface area (Å²) in [6, 6.07) is 0.394. The van der Waals surface area contributed by atoms with Crippen LogP contribution >= 0.6 is 23.1 Å². The van der Waals surface area contributed by atoms with Crippen molar-refractivity contribution in [2.45, 2.75) is 19.9 Å². The number of thioether (sulfide) groups is 1. The Kier molecular flexibility index (Phi) is 4.77. The van der Waals surface area contributed by atoms with Crippen LogP contribution in [-0.2, 0) is 0 Å². The molecule has 1 atom stereocenters. The molecule has 0 bridgehead atoms. The van der Waals surface area contributed by atoms with E-state index in [2.05, 4.69) is 28.9 Å². The fraction of sp³-hybridized carbons (Fsp3) is 0.667. The van der Waals surface area contributed by atoms with Crippen molar-refractivity contribution >= 4 is 23.1 Å². The van der Waals surface area contributed by atoms with Crippen molar-refractivity contribution in [2.75, 3.05) is 18.6 Å². The predicted octanol–water partition coefficient (Wildman–Crippen LogP) is 2.47. The molecule has 1 aromatic rings. The van der Waals surface area contributed by atoms with Gasteiger partial charge in [0.1, 0.15) is 5.01 Å². The Morgan fingerprint density at radius 3 is 3.00 bits per heavy atom. The van der Waals surface area contributed by atoms with E-state index in [0.29, 0.717) is 6.04 Å². The summed E-state index contributed by atoms with van der Waals surface area (Å²) < 4.78 is 0. The molecule has 0 amide bonds. The molecule has 1 heterocycles. The summed E-state index contributed by atoms with van der Waals surface area (Å²) in [5, 5.41) is 6.73. The van der Waals surface area contributed by atoms with Gasteiger partial charge in [-0.1, -0.05) is 0 Å². The zero-order chi connectivity index (χ0) is 9.68. The minimum Gasteiger partial charge on any atom is -0.307 e. The largest absolute Gasteiger partial charge is 0.307 e. The van der Waals surface area contributed by atoms with Crippen molar-refractivity contribution < 1.29 is 0 Å². The van der Waals surface area contributed by atoms with Crippen molar-refractivity contribution in [3.05, 3.63) is 16.1 Å². The number of hydrogen-bond donors (Lipinski definition) is 1. The molecule has 0 aliphatic carbocycles. The Labute approximate surface area is 88.2 Å². The molecule has 0 spiro atoms. The third kappa shape index (κ3) is 3.67. The molecule has 1 rings (SSSR count). The molecule has 0 saturated heterocycles. The third-order valence-corrected chi connectivity index (χ3v) is 3.52. The molecule has 1 aromatic heterocycles. The van der Waals surface area contributed by atoms with Gasteiger partial charge in [-0.25, -0.2) is 4.98 Å². The molecule has 4 heteroatoms. The molecule has 1 N–H and O–H groups in total. The van der Waals surface area contributed by atoms with Crippen LogP contribution < -0.4 is 5.32 Å². The lowest BCUT2D eigenvalue weighted by Gasteiger charge is -2.09. The molecule has 0 aliphatic rings. The SMILES string of the molecule is CSCCNC(C)c1nc(C)cs1. The van der Waals surface area contributed by atoms with Crippen LogP contribution in [-0.4, -0.2) is 23.5 Å². The number of rotatable bonds is 5. The van der Waals surface area contributed by atoms with Gasteiger partial charge < -0.3 is 5.32 Å². The standard InChI is InChI=1S/C9H16N2S2/c1-7-6-13-9(11-7)8(2)10-4-5-12-3/h6,8,10H,4-5H2,1-3H3. The third-order valence-electron chi connectivity index (χ3n) is 1.76. The van der Waals surface area contributed by atoms with Gasteiger partial charge >= 0.3 is 0 Å². The lowest BCUT2D eigenvalue weighted by atomic mass is 10.3. The van der Waals surface area contributed by atoms with E-state index in [9.17, 15) is 0 Å². The lowest BCUT2D eigenvalue weighted by Crippen LogP contribution is -2.21. The van der Waals surface area contributed by atoms with Crippen LogP contribution in [0.3, 0.4) is 0 Å². The van der Waals surface area contributed by atoms with E-state index >= 15 is 0 Å². The highest BCUT2D eigenvalue weighted by Gasteiger charge is 2.07. The Morgan fingerprint density at radius 2 is 2.46 bits per heavy atom. The Balaban J connectivity index is 2.35. The van der Waals surface area contributed by atoms with Gasteiger partial charge in [0.2, 0.25) is 0 Å². The zero-order valence-corrected chi connectivity index (χ0v) is 9.97. The van der Waals surface area contributed by atoms with Crippen LogP contribution in [0.2, 0.25) is 0 Å². The maximum atomic E-state index is 4.44. The summed E-state index contributed by atoms with van der Waals surface area (Å²) in [5.41, 5.74) is 1.12. The number of aryl methyl sites for hydroxylation is 1. The zero-order valence-electron chi connectivity index (χ0n) is 8.33. The van der Waals surface area contributed by atoms with Crippen molar-refractivity contribution in [1.82, 2.24) is 10.3 Å². The smallest absolute Gasteiger partial charge is 0.110 e. The highest BCUT2D eigenvalue weighted by atomic mass is 32.2. The molecule has 74 valence electrons. The molecule has 0 radical (unpaired) electrons. The molecular weight excluding hydrogens is 200 g/mol. The summed E-state index contributed by atoms with van der Waals surface area (Å²) in [6.07, 6.45) is 2.12. The first-order valence-corrected chi connectivity index (χ1v) is 6.65. The van der Waals surface area contributed by atoms with Crippen LogP contribution in [0.25, 0.3) is 0 Å². The topological polar surface area (TPSA) is 24.9 Å². The first kappa shape index (κ1) is 11.0. The van der Waals surface area contributed by atoms with E-state index in [1.165, 1.54) is 5.01 Å². The fourth-order valence-corrected chi connectivity index (χ4v) is 2.19. The number of thiazole rings is 1. The molecule has 0 saturated carbocycles. The van der Waals surface area contributed by atoms with Gasteiger partial charge in [0.15, 0.2) is 0 Å². The quantitative estimate of drug-likeness (QED) is 0.765. The molecule has 1 unspecified atom stereocenters. The van der Waals surface area contributed by atoms with Gasteiger partial charge in [-0.05, 0) is 20.1 Å². The normalized spacial score (nSPS) is 13.2. The van der Waals surface area contributed by atoms with Gasteiger partial charge in [0.25, 0.3) is 0 Å². The summed E-state index contributed by atoms with van der Waals surface area (Å²) in [4.78, 5) is 4.44. The van der Waals surface area contributed by atoms with E-state index < -0.39 is 0 Å². The second kappa shape index (κ2) is 5.62. The average Bonchev–Trinajstić information content (AvgIpc) is 2.52. The summed E-state index contributed by atoms with van der Waals surface area (Å²) in [7, 11) is 0. The van der Waals surface area contributed by atoms with E-state index in [-0.39, 0.29) is 0 Å². The molecule has 13 heavy (non-hydrogen) atoms. The van der Waals surface area contributed by atoms with Gasteiger partial charge in [0, 0.05) is 23.4 Å². The monoisotopic (exact) mass is 216 g/mol. The van der Waals surface area contributed by atoms with Gasteiger partial charge in [-0.15, -0.1) is 11.3 Å². The summed E-state index contributed by atoms with van der Waals surface area (Å²) in [5.74, 6) is 1.16. The maximum Gasteiger partial charge on any atom is 0.110 e. The van der Waals surface area contributed by atoms with Crippen molar-refractivity contribution in [2.24, 2.45) is 0 Å². The minimum atomic E-state index is 0.394. The molecule has 0 aliphatic heterocycles. The summed E-state index contributed by atoms with van der Waals surface area (Å²) >= 11 is 3.60. The highest BCUT2D eigenvalue weighted by molar-refractivity contribution is 7.98. The number of nitrogens with zero attached hydrogens (tertiary/aromatic N) is 1. The fourth-order valence-electron chi connectivity index (χ4n) is 1.04. The van der Waals surface area contributed by atoms with Gasteiger partial charge in [0.05, 0.1) is 6.04 Å². The molecule has 0 aromatic carbocycles. The minimum absolute atomic E-state index is 0.394. The van der Waals surface area contributed by atoms with Crippen LogP contribution in [0.1, 0.15) is 23.7 Å². The first-order valence-electron chi connectivity index (χ1n) is 4.38. The first-order chi connectivity index (χ1) is 6.24. The van der Waals surface area contributed by atoms with Crippen LogP contribution in [0, 0.1) is 6.92 Å². The number of aromatic nitrogens is 1. The molecule has 2 nitrogen and oxygen atoms in total. The van der Waals surface area contributed by atoms with Crippen LogP contribution in [0.5, 0.6) is 0 Å². The molecule has 0 fully saturated rings. The Bertz CT molecular complexity index is 248. The van der Waals surface area contributed by atoms with Gasteiger partial charge in [-0.2, -0.15) is 11.8 Å². The van der Waals surface area contributed by atoms with Gasteiger partial charge in [-0.3, -0.25) is 0 Å².